The lowest BCUT2D eigenvalue weighted by atomic mass is 10.2. The molecule has 0 aromatic carbocycles. The van der Waals surface area contributed by atoms with E-state index < -0.39 is 0 Å². The van der Waals surface area contributed by atoms with Crippen LogP contribution in [0.15, 0.2) is 24.8 Å². The molecule has 1 aromatic rings. The van der Waals surface area contributed by atoms with Crippen LogP contribution in [-0.4, -0.2) is 56.4 Å². The van der Waals surface area contributed by atoms with Crippen molar-refractivity contribution in [3.63, 3.8) is 0 Å². The summed E-state index contributed by atoms with van der Waals surface area (Å²) >= 11 is 0. The van der Waals surface area contributed by atoms with Gasteiger partial charge < -0.3 is 10.2 Å². The minimum absolute atomic E-state index is 0.0386. The third-order valence-corrected chi connectivity index (χ3v) is 2.68. The average molecular weight is 278 g/mol. The molecule has 0 spiro atoms. The number of aliphatic hydroxyl groups is 2. The fourth-order valence-electron chi connectivity index (χ4n) is 1.77. The van der Waals surface area contributed by atoms with Crippen molar-refractivity contribution in [2.45, 2.75) is 13.6 Å². The van der Waals surface area contributed by atoms with Crippen LogP contribution in [0.3, 0.4) is 0 Å². The molecular formula is C14H22N4O2. The van der Waals surface area contributed by atoms with Crippen LogP contribution in [0.2, 0.25) is 0 Å². The average Bonchev–Trinajstić information content (AvgIpc) is 2.80. The molecule has 1 aromatic heterocycles. The highest BCUT2D eigenvalue weighted by Crippen LogP contribution is 2.11. The van der Waals surface area contributed by atoms with Gasteiger partial charge in [0.25, 0.3) is 0 Å². The molecule has 1 heterocycles. The highest BCUT2D eigenvalue weighted by Gasteiger charge is 2.11. The second-order valence-electron chi connectivity index (χ2n) is 4.16. The maximum atomic E-state index is 9.03. The summed E-state index contributed by atoms with van der Waals surface area (Å²) in [4.78, 5) is 1.91. The largest absolute Gasteiger partial charge is 0.395 e. The molecular weight excluding hydrogens is 256 g/mol. The van der Waals surface area contributed by atoms with Gasteiger partial charge in [0.15, 0.2) is 0 Å². The van der Waals surface area contributed by atoms with Crippen molar-refractivity contribution in [2.24, 2.45) is 0 Å². The SMILES string of the molecule is C=C/C=C\c1nnn(CN(CCO)CCO)c1/C=C\C. The molecule has 6 heteroatoms. The molecule has 0 saturated carbocycles. The van der Waals surface area contributed by atoms with Gasteiger partial charge in [-0.2, -0.15) is 0 Å². The minimum atomic E-state index is 0.0386. The summed E-state index contributed by atoms with van der Waals surface area (Å²) < 4.78 is 1.74. The Bertz CT molecular complexity index is 460. The molecule has 0 atom stereocenters. The smallest absolute Gasteiger partial charge is 0.113 e. The molecule has 0 bridgehead atoms. The zero-order chi connectivity index (χ0) is 14.8. The van der Waals surface area contributed by atoms with Crippen LogP contribution >= 0.6 is 0 Å². The summed E-state index contributed by atoms with van der Waals surface area (Å²) in [6, 6.07) is 0. The predicted octanol–water partition coefficient (Wildman–Crippen LogP) is 0.755. The van der Waals surface area contributed by atoms with E-state index in [1.807, 2.05) is 30.1 Å². The van der Waals surface area contributed by atoms with Gasteiger partial charge in [-0.25, -0.2) is 4.68 Å². The summed E-state index contributed by atoms with van der Waals surface area (Å²) in [7, 11) is 0. The fraction of sp³-hybridized carbons (Fsp3) is 0.429. The molecule has 0 unspecified atom stereocenters. The monoisotopic (exact) mass is 278 g/mol. The first-order valence-corrected chi connectivity index (χ1v) is 6.56. The van der Waals surface area contributed by atoms with Crippen LogP contribution in [0.4, 0.5) is 0 Å². The van der Waals surface area contributed by atoms with E-state index in [0.717, 1.165) is 11.4 Å². The van der Waals surface area contributed by atoms with Gasteiger partial charge >= 0.3 is 0 Å². The lowest BCUT2D eigenvalue weighted by Gasteiger charge is -2.20. The van der Waals surface area contributed by atoms with Crippen molar-refractivity contribution in [1.29, 1.82) is 0 Å². The van der Waals surface area contributed by atoms with E-state index in [1.54, 1.807) is 16.8 Å². The van der Waals surface area contributed by atoms with Crippen LogP contribution in [0.25, 0.3) is 12.2 Å². The standard InChI is InChI=1S/C14H22N4O2/c1-3-5-7-13-14(6-4-2)18(16-15-13)12-17(8-10-19)9-11-20/h3-7,19-20H,1,8-12H2,2H3/b6-4-,7-5-. The third-order valence-electron chi connectivity index (χ3n) is 2.68. The van der Waals surface area contributed by atoms with Crippen molar-refractivity contribution in [3.8, 4) is 0 Å². The Morgan fingerprint density at radius 2 is 1.95 bits per heavy atom. The summed E-state index contributed by atoms with van der Waals surface area (Å²) in [6.07, 6.45) is 9.18. The van der Waals surface area contributed by atoms with Crippen LogP contribution in [0, 0.1) is 0 Å². The molecule has 1 rings (SSSR count). The van der Waals surface area contributed by atoms with Gasteiger partial charge in [-0.3, -0.25) is 4.90 Å². The van der Waals surface area contributed by atoms with Crippen LogP contribution in [-0.2, 0) is 6.67 Å². The van der Waals surface area contributed by atoms with Gasteiger partial charge in [-0.15, -0.1) is 5.10 Å². The summed E-state index contributed by atoms with van der Waals surface area (Å²) in [6.45, 7) is 7.06. The number of rotatable bonds is 9. The molecule has 0 fully saturated rings. The van der Waals surface area contributed by atoms with Gasteiger partial charge in [0, 0.05) is 13.1 Å². The van der Waals surface area contributed by atoms with Crippen LogP contribution in [0.1, 0.15) is 18.3 Å². The van der Waals surface area contributed by atoms with E-state index >= 15 is 0 Å². The number of aliphatic hydroxyl groups excluding tert-OH is 2. The molecule has 20 heavy (non-hydrogen) atoms. The Labute approximate surface area is 119 Å². The first-order valence-electron chi connectivity index (χ1n) is 6.56. The highest BCUT2D eigenvalue weighted by molar-refractivity contribution is 5.59. The molecule has 0 aliphatic rings. The number of hydrogen-bond donors (Lipinski definition) is 2. The van der Waals surface area contributed by atoms with Gasteiger partial charge in [0.2, 0.25) is 0 Å². The Balaban J connectivity index is 2.95. The maximum Gasteiger partial charge on any atom is 0.113 e. The molecule has 2 N–H and O–H groups in total. The molecule has 0 saturated heterocycles. The fourth-order valence-corrected chi connectivity index (χ4v) is 1.77. The minimum Gasteiger partial charge on any atom is -0.395 e. The van der Waals surface area contributed by atoms with Crippen LogP contribution < -0.4 is 0 Å². The van der Waals surface area contributed by atoms with E-state index in [-0.39, 0.29) is 13.2 Å². The van der Waals surface area contributed by atoms with Gasteiger partial charge in [-0.1, -0.05) is 30.0 Å². The lowest BCUT2D eigenvalue weighted by molar-refractivity contribution is 0.128. The molecule has 0 aliphatic carbocycles. The van der Waals surface area contributed by atoms with E-state index in [1.165, 1.54) is 0 Å². The van der Waals surface area contributed by atoms with E-state index in [0.29, 0.717) is 19.8 Å². The van der Waals surface area contributed by atoms with E-state index in [4.69, 9.17) is 10.2 Å². The quantitative estimate of drug-likeness (QED) is 0.652. The first kappa shape index (κ1) is 16.3. The molecule has 0 amide bonds. The van der Waals surface area contributed by atoms with Crippen molar-refractivity contribution >= 4 is 12.2 Å². The van der Waals surface area contributed by atoms with E-state index in [9.17, 15) is 0 Å². The zero-order valence-electron chi connectivity index (χ0n) is 11.8. The lowest BCUT2D eigenvalue weighted by Crippen LogP contribution is -2.32. The van der Waals surface area contributed by atoms with Crippen molar-refractivity contribution in [2.75, 3.05) is 26.3 Å². The summed E-state index contributed by atoms with van der Waals surface area (Å²) in [5.41, 5.74) is 1.64. The Morgan fingerprint density at radius 3 is 2.50 bits per heavy atom. The Morgan fingerprint density at radius 1 is 1.25 bits per heavy atom. The van der Waals surface area contributed by atoms with Crippen molar-refractivity contribution in [1.82, 2.24) is 19.9 Å². The number of allylic oxidation sites excluding steroid dienone is 3. The topological polar surface area (TPSA) is 74.4 Å². The normalized spacial score (nSPS) is 12.0. The predicted molar refractivity (Wildman–Crippen MR) is 79.7 cm³/mol. The van der Waals surface area contributed by atoms with E-state index in [2.05, 4.69) is 16.9 Å². The van der Waals surface area contributed by atoms with Crippen molar-refractivity contribution < 1.29 is 10.2 Å². The Kier molecular flexibility index (Phi) is 7.49. The second-order valence-corrected chi connectivity index (χ2v) is 4.16. The van der Waals surface area contributed by atoms with Gasteiger partial charge in [-0.05, 0) is 19.1 Å². The molecule has 6 nitrogen and oxygen atoms in total. The molecule has 0 radical (unpaired) electrons. The van der Waals surface area contributed by atoms with Gasteiger partial charge in [0.05, 0.1) is 25.6 Å². The summed E-state index contributed by atoms with van der Waals surface area (Å²) in [5.74, 6) is 0. The zero-order valence-corrected chi connectivity index (χ0v) is 11.8. The first-order chi connectivity index (χ1) is 9.76. The number of nitrogens with zero attached hydrogens (tertiary/aromatic N) is 4. The number of aromatic nitrogens is 3. The second kappa shape index (κ2) is 9.19. The third kappa shape index (κ3) is 4.73. The maximum absolute atomic E-state index is 9.03. The van der Waals surface area contributed by atoms with Crippen molar-refractivity contribution in [3.05, 3.63) is 36.2 Å². The highest BCUT2D eigenvalue weighted by atomic mass is 16.3. The molecule has 110 valence electrons. The molecule has 0 aliphatic heterocycles. The van der Waals surface area contributed by atoms with Crippen LogP contribution in [0.5, 0.6) is 0 Å². The Hall–Kier alpha value is -1.76. The number of hydrogen-bond acceptors (Lipinski definition) is 5. The summed E-state index contributed by atoms with van der Waals surface area (Å²) in [5, 5.41) is 26.3. The van der Waals surface area contributed by atoms with Gasteiger partial charge in [0.1, 0.15) is 5.69 Å².